The third-order valence-corrected chi connectivity index (χ3v) is 5.69. The van der Waals surface area contributed by atoms with E-state index in [0.29, 0.717) is 6.61 Å². The first kappa shape index (κ1) is 24.9. The van der Waals surface area contributed by atoms with Gasteiger partial charge in [-0.1, -0.05) is 24.8 Å². The maximum atomic E-state index is 11.7. The van der Waals surface area contributed by atoms with Crippen LogP contribution in [0.3, 0.4) is 0 Å². The van der Waals surface area contributed by atoms with Crippen LogP contribution in [0.4, 0.5) is 0 Å². The molecule has 29 heavy (non-hydrogen) atoms. The molecular weight excluding hydrogens is 402 g/mol. The van der Waals surface area contributed by atoms with E-state index in [1.54, 1.807) is 0 Å². The number of hydrogen-bond donors (Lipinski definition) is 0. The number of rotatable bonds is 9. The molecule has 0 saturated carbocycles. The summed E-state index contributed by atoms with van der Waals surface area (Å²) in [5.74, 6) is -1.90. The van der Waals surface area contributed by atoms with Crippen molar-refractivity contribution in [3.05, 3.63) is 10.4 Å². The van der Waals surface area contributed by atoms with E-state index in [0.717, 1.165) is 6.04 Å². The second-order valence-electron chi connectivity index (χ2n) is 7.87. The van der Waals surface area contributed by atoms with Gasteiger partial charge in [-0.3, -0.25) is 14.4 Å². The molecule has 0 amide bonds. The normalized spacial score (nSPS) is 26.8. The van der Waals surface area contributed by atoms with Gasteiger partial charge < -0.3 is 23.7 Å². The largest absolute Gasteiger partial charge is 0.463 e. The van der Waals surface area contributed by atoms with Gasteiger partial charge in [-0.05, 0) is 11.6 Å². The highest BCUT2D eigenvalue weighted by Gasteiger charge is 2.50. The van der Waals surface area contributed by atoms with Crippen LogP contribution in [0.5, 0.6) is 0 Å². The molecule has 0 aromatic rings. The lowest BCUT2D eigenvalue weighted by Gasteiger charge is -2.43. The number of carbonyl (C=O) groups excluding carboxylic acids is 3. The van der Waals surface area contributed by atoms with Gasteiger partial charge >= 0.3 is 17.9 Å². The Labute approximate surface area is 170 Å². The summed E-state index contributed by atoms with van der Waals surface area (Å²) in [5, 5.41) is 3.67. The molecule has 0 aromatic carbocycles. The third-order valence-electron chi connectivity index (χ3n) is 3.99. The molecule has 1 fully saturated rings. The minimum Gasteiger partial charge on any atom is -0.463 e. The van der Waals surface area contributed by atoms with Gasteiger partial charge in [0, 0.05) is 40.4 Å². The first-order chi connectivity index (χ1) is 13.4. The van der Waals surface area contributed by atoms with Crippen LogP contribution in [0.15, 0.2) is 5.11 Å². The third kappa shape index (κ3) is 8.82. The van der Waals surface area contributed by atoms with Gasteiger partial charge in [0.2, 0.25) is 0 Å². The summed E-state index contributed by atoms with van der Waals surface area (Å²) in [5.41, 5.74) is 8.99. The fraction of sp³-hybridized carbons (Fsp3) is 0.824. The molecule has 0 radical (unpaired) electrons. The van der Waals surface area contributed by atoms with Crippen LogP contribution >= 0.6 is 0 Å². The molecule has 1 aliphatic heterocycles. The van der Waals surface area contributed by atoms with Crippen molar-refractivity contribution in [1.29, 1.82) is 0 Å². The lowest BCUT2D eigenvalue weighted by atomic mass is 9.97. The molecule has 0 bridgehead atoms. The summed E-state index contributed by atoms with van der Waals surface area (Å²) in [6.45, 7) is 10.2. The average Bonchev–Trinajstić information content (AvgIpc) is 2.56. The predicted molar refractivity (Wildman–Crippen MR) is 103 cm³/mol. The van der Waals surface area contributed by atoms with Crippen LogP contribution in [0.2, 0.25) is 25.7 Å². The molecule has 1 aliphatic rings. The van der Waals surface area contributed by atoms with E-state index < -0.39 is 56.6 Å². The number of ether oxygens (including phenoxy) is 5. The van der Waals surface area contributed by atoms with Gasteiger partial charge in [0.05, 0.1) is 0 Å². The van der Waals surface area contributed by atoms with Gasteiger partial charge in [-0.2, -0.15) is 0 Å². The topological polar surface area (TPSA) is 146 Å². The lowest BCUT2D eigenvalue weighted by Crippen LogP contribution is -2.61. The standard InChI is InChI=1S/C17H29N3O8Si/c1-10(21)25-9-13-15(26-11(2)22)16(27-12(3)23)14(19-20-18)17(28-13)24-7-8-29(4,5)6/h13-17H,7-9H2,1-6H3/t13-,14-,15-,16-,17+/m1/s1. The van der Waals surface area contributed by atoms with Crippen molar-refractivity contribution in [3.8, 4) is 0 Å². The molecule has 1 heterocycles. The van der Waals surface area contributed by atoms with Gasteiger partial charge in [0.15, 0.2) is 18.5 Å². The van der Waals surface area contributed by atoms with Gasteiger partial charge in [-0.15, -0.1) is 0 Å². The molecule has 0 spiro atoms. The summed E-state index contributed by atoms with van der Waals surface area (Å²) < 4.78 is 27.2. The molecule has 1 saturated heterocycles. The molecule has 12 heteroatoms. The zero-order chi connectivity index (χ0) is 22.2. The van der Waals surface area contributed by atoms with Crippen molar-refractivity contribution in [1.82, 2.24) is 0 Å². The summed E-state index contributed by atoms with van der Waals surface area (Å²) in [6.07, 6.45) is -4.37. The Morgan fingerprint density at radius 2 is 1.62 bits per heavy atom. The van der Waals surface area contributed by atoms with E-state index in [2.05, 4.69) is 29.7 Å². The molecule has 11 nitrogen and oxygen atoms in total. The fourth-order valence-corrected chi connectivity index (χ4v) is 3.42. The van der Waals surface area contributed by atoms with E-state index >= 15 is 0 Å². The van der Waals surface area contributed by atoms with Crippen molar-refractivity contribution in [2.75, 3.05) is 13.2 Å². The first-order valence-electron chi connectivity index (χ1n) is 9.23. The highest BCUT2D eigenvalue weighted by atomic mass is 28.3. The van der Waals surface area contributed by atoms with E-state index in [1.807, 2.05) is 0 Å². The smallest absolute Gasteiger partial charge is 0.303 e. The molecule has 0 aliphatic carbocycles. The molecule has 0 unspecified atom stereocenters. The first-order valence-corrected chi connectivity index (χ1v) is 12.9. The molecule has 5 atom stereocenters. The van der Waals surface area contributed by atoms with Gasteiger partial charge in [0.25, 0.3) is 0 Å². The van der Waals surface area contributed by atoms with Crippen LogP contribution < -0.4 is 0 Å². The fourth-order valence-electron chi connectivity index (χ4n) is 2.69. The SMILES string of the molecule is CC(=O)OC[C@H]1O[C@H](OCC[Si](C)(C)C)[C@H](N=[N+]=[N-])[C@@H](OC(C)=O)[C@@H]1OC(C)=O. The summed E-state index contributed by atoms with van der Waals surface area (Å²) in [6, 6.07) is -0.278. The van der Waals surface area contributed by atoms with Crippen LogP contribution in [-0.4, -0.2) is 69.8 Å². The average molecular weight is 432 g/mol. The second kappa shape index (κ2) is 11.1. The number of hydrogen-bond acceptors (Lipinski definition) is 9. The monoisotopic (exact) mass is 431 g/mol. The van der Waals surface area contributed by atoms with Crippen LogP contribution in [0, 0.1) is 0 Å². The Bertz CT molecular complexity index is 647. The van der Waals surface area contributed by atoms with Gasteiger partial charge in [-0.25, -0.2) is 0 Å². The zero-order valence-corrected chi connectivity index (χ0v) is 18.6. The Morgan fingerprint density at radius 3 is 2.10 bits per heavy atom. The number of esters is 3. The predicted octanol–water partition coefficient (Wildman–Crippen LogP) is 2.17. The maximum absolute atomic E-state index is 11.7. The Morgan fingerprint density at radius 1 is 1.03 bits per heavy atom. The highest BCUT2D eigenvalue weighted by Crippen LogP contribution is 2.30. The summed E-state index contributed by atoms with van der Waals surface area (Å²) >= 11 is 0. The van der Waals surface area contributed by atoms with Crippen molar-refractivity contribution in [2.24, 2.45) is 5.11 Å². The Kier molecular flexibility index (Phi) is 9.57. The minimum absolute atomic E-state index is 0.262. The van der Waals surface area contributed by atoms with E-state index in [4.69, 9.17) is 29.2 Å². The number of carbonyl (C=O) groups is 3. The van der Waals surface area contributed by atoms with Crippen molar-refractivity contribution in [2.45, 2.75) is 77.1 Å². The zero-order valence-electron chi connectivity index (χ0n) is 17.6. The highest BCUT2D eigenvalue weighted by molar-refractivity contribution is 6.76. The molecule has 164 valence electrons. The minimum atomic E-state index is -1.42. The quantitative estimate of drug-likeness (QED) is 0.135. The lowest BCUT2D eigenvalue weighted by molar-refractivity contribution is -0.272. The van der Waals surface area contributed by atoms with E-state index in [-0.39, 0.29) is 6.61 Å². The second-order valence-corrected chi connectivity index (χ2v) is 13.5. The Hall–Kier alpha value is -2.14. The van der Waals surface area contributed by atoms with Crippen LogP contribution in [-0.2, 0) is 38.1 Å². The van der Waals surface area contributed by atoms with Crippen molar-refractivity contribution >= 4 is 26.0 Å². The van der Waals surface area contributed by atoms with Crippen LogP contribution in [0.25, 0.3) is 10.4 Å². The summed E-state index contributed by atoms with van der Waals surface area (Å²) in [4.78, 5) is 37.3. The molecule has 0 aromatic heterocycles. The Balaban J connectivity index is 3.19. The van der Waals surface area contributed by atoms with E-state index in [1.165, 1.54) is 20.8 Å². The maximum Gasteiger partial charge on any atom is 0.303 e. The molecular formula is C17H29N3O8Si. The van der Waals surface area contributed by atoms with Crippen LogP contribution in [0.1, 0.15) is 20.8 Å². The van der Waals surface area contributed by atoms with Crippen molar-refractivity contribution < 1.29 is 38.1 Å². The molecule has 1 rings (SSSR count). The van der Waals surface area contributed by atoms with E-state index in [9.17, 15) is 14.4 Å². The van der Waals surface area contributed by atoms with Crippen molar-refractivity contribution in [3.63, 3.8) is 0 Å². The number of azide groups is 1. The number of nitrogens with zero attached hydrogens (tertiary/aromatic N) is 3. The van der Waals surface area contributed by atoms with Gasteiger partial charge in [0.1, 0.15) is 18.8 Å². The summed E-state index contributed by atoms with van der Waals surface area (Å²) in [7, 11) is -1.42. The molecule has 0 N–H and O–H groups in total.